The van der Waals surface area contributed by atoms with E-state index in [-0.39, 0.29) is 11.9 Å². The molecule has 7 heteroatoms. The summed E-state index contributed by atoms with van der Waals surface area (Å²) in [7, 11) is 1.57. The number of anilines is 2. The molecule has 0 unspecified atom stereocenters. The van der Waals surface area contributed by atoms with Crippen LogP contribution < -0.4 is 16.4 Å². The molecule has 1 heterocycles. The summed E-state index contributed by atoms with van der Waals surface area (Å²) in [5, 5.41) is 5.86. The number of nitrogens with zero attached hydrogens (tertiary/aromatic N) is 2. The number of carbonyl (C=O) groups excluding carboxylic acids is 1. The fourth-order valence-corrected chi connectivity index (χ4v) is 1.50. The van der Waals surface area contributed by atoms with Crippen molar-refractivity contribution >= 4 is 17.5 Å². The van der Waals surface area contributed by atoms with Crippen molar-refractivity contribution < 1.29 is 9.53 Å². The molecule has 0 atom stereocenters. The first-order valence-corrected chi connectivity index (χ1v) is 6.17. The molecule has 1 aromatic rings. The highest BCUT2D eigenvalue weighted by atomic mass is 16.5. The Morgan fingerprint density at radius 1 is 1.47 bits per heavy atom. The van der Waals surface area contributed by atoms with Crippen molar-refractivity contribution in [1.82, 2.24) is 15.3 Å². The van der Waals surface area contributed by atoms with Crippen LogP contribution in [0.25, 0.3) is 0 Å². The predicted molar refractivity (Wildman–Crippen MR) is 73.5 cm³/mol. The zero-order chi connectivity index (χ0) is 14.3. The molecule has 4 N–H and O–H groups in total. The summed E-state index contributed by atoms with van der Waals surface area (Å²) in [5.41, 5.74) is 5.66. The van der Waals surface area contributed by atoms with Crippen molar-refractivity contribution in [2.45, 2.75) is 32.9 Å². The third kappa shape index (κ3) is 6.01. The first-order chi connectivity index (χ1) is 9.01. The SMILES string of the molecule is COCc1nc(N)cc(NCCC(=O)NC(C)C)n1. The summed E-state index contributed by atoms with van der Waals surface area (Å²) in [5.74, 6) is 1.48. The van der Waals surface area contributed by atoms with Gasteiger partial charge in [0, 0.05) is 32.2 Å². The van der Waals surface area contributed by atoms with Crippen molar-refractivity contribution in [3.05, 3.63) is 11.9 Å². The quantitative estimate of drug-likeness (QED) is 0.666. The molecule has 7 nitrogen and oxygen atoms in total. The van der Waals surface area contributed by atoms with Crippen LogP contribution in [0.5, 0.6) is 0 Å². The molecule has 1 rings (SSSR count). The summed E-state index contributed by atoms with van der Waals surface area (Å²) >= 11 is 0. The Kier molecular flexibility index (Phi) is 6.01. The summed E-state index contributed by atoms with van der Waals surface area (Å²) in [4.78, 5) is 19.7. The lowest BCUT2D eigenvalue weighted by Gasteiger charge is -2.10. The lowest BCUT2D eigenvalue weighted by Crippen LogP contribution is -2.31. The number of nitrogens with one attached hydrogen (secondary N) is 2. The van der Waals surface area contributed by atoms with Crippen LogP contribution in [0.15, 0.2) is 6.07 Å². The van der Waals surface area contributed by atoms with Gasteiger partial charge in [-0.15, -0.1) is 0 Å². The van der Waals surface area contributed by atoms with Gasteiger partial charge in [0.25, 0.3) is 0 Å². The molecule has 0 radical (unpaired) electrons. The van der Waals surface area contributed by atoms with E-state index in [0.717, 1.165) is 0 Å². The number of methoxy groups -OCH3 is 1. The van der Waals surface area contributed by atoms with Gasteiger partial charge in [-0.05, 0) is 13.8 Å². The Balaban J connectivity index is 2.46. The maximum Gasteiger partial charge on any atom is 0.221 e. The number of aromatic nitrogens is 2. The van der Waals surface area contributed by atoms with Crippen molar-refractivity contribution in [2.75, 3.05) is 24.7 Å². The summed E-state index contributed by atoms with van der Waals surface area (Å²) in [6, 6.07) is 1.77. The Morgan fingerprint density at radius 3 is 2.84 bits per heavy atom. The molecule has 0 aliphatic heterocycles. The van der Waals surface area contributed by atoms with E-state index in [1.165, 1.54) is 0 Å². The number of amides is 1. The Hall–Kier alpha value is -1.89. The second kappa shape index (κ2) is 7.52. The van der Waals surface area contributed by atoms with E-state index < -0.39 is 0 Å². The minimum Gasteiger partial charge on any atom is -0.384 e. The van der Waals surface area contributed by atoms with Crippen LogP contribution in [0.2, 0.25) is 0 Å². The molecular formula is C12H21N5O2. The molecule has 0 spiro atoms. The molecule has 0 aliphatic carbocycles. The standard InChI is InChI=1S/C12H21N5O2/c1-8(2)15-12(18)4-5-14-10-6-9(13)16-11(17-10)7-19-3/h6,8H,4-5,7H2,1-3H3,(H,15,18)(H3,13,14,16,17). The summed E-state index contributed by atoms with van der Waals surface area (Å²) in [6.45, 7) is 4.63. The molecule has 0 aliphatic rings. The van der Waals surface area contributed by atoms with Gasteiger partial charge in [-0.2, -0.15) is 0 Å². The van der Waals surface area contributed by atoms with E-state index >= 15 is 0 Å². The van der Waals surface area contributed by atoms with Gasteiger partial charge in [0.1, 0.15) is 18.2 Å². The fraction of sp³-hybridized carbons (Fsp3) is 0.583. The molecule has 0 aromatic carbocycles. The Morgan fingerprint density at radius 2 is 2.21 bits per heavy atom. The molecular weight excluding hydrogens is 246 g/mol. The number of nitrogen functional groups attached to an aromatic ring is 1. The maximum absolute atomic E-state index is 11.5. The van der Waals surface area contributed by atoms with Crippen LogP contribution in [0.3, 0.4) is 0 Å². The summed E-state index contributed by atoms with van der Waals surface area (Å²) < 4.78 is 4.95. The van der Waals surface area contributed by atoms with Gasteiger partial charge in [-0.3, -0.25) is 4.79 Å². The number of nitrogens with two attached hydrogens (primary N) is 1. The average Bonchev–Trinajstić information content (AvgIpc) is 2.27. The Bertz CT molecular complexity index is 423. The van der Waals surface area contributed by atoms with Gasteiger partial charge < -0.3 is 21.1 Å². The Labute approximate surface area is 113 Å². The van der Waals surface area contributed by atoms with Crippen molar-refractivity contribution in [2.24, 2.45) is 0 Å². The van der Waals surface area contributed by atoms with E-state index in [1.54, 1.807) is 13.2 Å². The topological polar surface area (TPSA) is 102 Å². The average molecular weight is 267 g/mol. The number of ether oxygens (including phenoxy) is 1. The van der Waals surface area contributed by atoms with E-state index in [2.05, 4.69) is 20.6 Å². The third-order valence-corrected chi connectivity index (χ3v) is 2.17. The minimum absolute atomic E-state index is 0.00152. The minimum atomic E-state index is 0.00152. The molecule has 0 saturated heterocycles. The zero-order valence-electron chi connectivity index (χ0n) is 11.6. The molecule has 0 fully saturated rings. The first kappa shape index (κ1) is 15.2. The van der Waals surface area contributed by atoms with Crippen LogP contribution in [0.1, 0.15) is 26.1 Å². The number of carbonyl (C=O) groups is 1. The van der Waals surface area contributed by atoms with Crippen LogP contribution in [0, 0.1) is 0 Å². The third-order valence-electron chi connectivity index (χ3n) is 2.17. The van der Waals surface area contributed by atoms with Crippen molar-refractivity contribution in [1.29, 1.82) is 0 Å². The molecule has 0 saturated carbocycles. The molecule has 1 aromatic heterocycles. The van der Waals surface area contributed by atoms with Gasteiger partial charge in [-0.1, -0.05) is 0 Å². The predicted octanol–water partition coefficient (Wildman–Crippen LogP) is 0.532. The normalized spacial score (nSPS) is 10.5. The number of rotatable bonds is 7. The monoisotopic (exact) mass is 267 g/mol. The second-order valence-electron chi connectivity index (χ2n) is 4.43. The molecule has 0 bridgehead atoms. The van der Waals surface area contributed by atoms with Gasteiger partial charge >= 0.3 is 0 Å². The van der Waals surface area contributed by atoms with E-state index in [1.807, 2.05) is 13.8 Å². The van der Waals surface area contributed by atoms with E-state index in [0.29, 0.717) is 37.0 Å². The van der Waals surface area contributed by atoms with Crippen LogP contribution >= 0.6 is 0 Å². The van der Waals surface area contributed by atoms with Gasteiger partial charge in [0.2, 0.25) is 5.91 Å². The molecule has 106 valence electrons. The molecule has 1 amide bonds. The highest BCUT2D eigenvalue weighted by Crippen LogP contribution is 2.08. The largest absolute Gasteiger partial charge is 0.384 e. The van der Waals surface area contributed by atoms with Crippen LogP contribution in [-0.4, -0.2) is 35.6 Å². The van der Waals surface area contributed by atoms with E-state index in [4.69, 9.17) is 10.5 Å². The first-order valence-electron chi connectivity index (χ1n) is 6.17. The van der Waals surface area contributed by atoms with E-state index in [9.17, 15) is 4.79 Å². The van der Waals surface area contributed by atoms with Crippen LogP contribution in [-0.2, 0) is 16.1 Å². The van der Waals surface area contributed by atoms with Gasteiger partial charge in [-0.25, -0.2) is 9.97 Å². The van der Waals surface area contributed by atoms with Crippen molar-refractivity contribution in [3.63, 3.8) is 0 Å². The van der Waals surface area contributed by atoms with Crippen molar-refractivity contribution in [3.8, 4) is 0 Å². The highest BCUT2D eigenvalue weighted by Gasteiger charge is 2.05. The molecule has 19 heavy (non-hydrogen) atoms. The lowest BCUT2D eigenvalue weighted by molar-refractivity contribution is -0.121. The van der Waals surface area contributed by atoms with Crippen LogP contribution in [0.4, 0.5) is 11.6 Å². The second-order valence-corrected chi connectivity index (χ2v) is 4.43. The number of hydrogen-bond acceptors (Lipinski definition) is 6. The summed E-state index contributed by atoms with van der Waals surface area (Å²) in [6.07, 6.45) is 0.377. The fourth-order valence-electron chi connectivity index (χ4n) is 1.50. The highest BCUT2D eigenvalue weighted by molar-refractivity contribution is 5.76. The van der Waals surface area contributed by atoms with Gasteiger partial charge in [0.15, 0.2) is 5.82 Å². The van der Waals surface area contributed by atoms with Gasteiger partial charge in [0.05, 0.1) is 0 Å². The number of hydrogen-bond donors (Lipinski definition) is 3. The lowest BCUT2D eigenvalue weighted by atomic mass is 10.3. The maximum atomic E-state index is 11.5. The smallest absolute Gasteiger partial charge is 0.221 e. The zero-order valence-corrected chi connectivity index (χ0v) is 11.6.